The first-order valence-electron chi connectivity index (χ1n) is 9.66. The van der Waals surface area contributed by atoms with Gasteiger partial charge < -0.3 is 19.6 Å². The number of aliphatic hydroxyl groups excluding tert-OH is 1. The zero-order valence-corrected chi connectivity index (χ0v) is 18.0. The van der Waals surface area contributed by atoms with Crippen molar-refractivity contribution in [3.63, 3.8) is 0 Å². The van der Waals surface area contributed by atoms with Gasteiger partial charge in [-0.15, -0.1) is 0 Å². The van der Waals surface area contributed by atoms with Crippen LogP contribution in [-0.2, 0) is 9.59 Å². The number of Topliss-reactive ketones (excluding diaryl/α,β-unsaturated/α-hetero) is 1. The Morgan fingerprint density at radius 3 is 2.57 bits per heavy atom. The van der Waals surface area contributed by atoms with Crippen molar-refractivity contribution in [2.75, 3.05) is 34.3 Å². The van der Waals surface area contributed by atoms with E-state index in [0.717, 1.165) is 6.54 Å². The first-order chi connectivity index (χ1) is 14.3. The van der Waals surface area contributed by atoms with E-state index in [0.29, 0.717) is 34.9 Å². The minimum Gasteiger partial charge on any atom is -0.507 e. The SMILES string of the molecule is COc1cccc(/C(O)=C2\C(=O)C(=O)N(CCCN(C)C)[C@@H]2c2cccc(Cl)c2)c1. The van der Waals surface area contributed by atoms with Gasteiger partial charge in [0.1, 0.15) is 11.5 Å². The molecule has 158 valence electrons. The monoisotopic (exact) mass is 428 g/mol. The molecule has 0 aliphatic carbocycles. The second-order valence-electron chi connectivity index (χ2n) is 7.44. The molecule has 6 nitrogen and oxygen atoms in total. The molecule has 1 N–H and O–H groups in total. The molecule has 3 rings (SSSR count). The Morgan fingerprint density at radius 2 is 1.90 bits per heavy atom. The predicted octanol–water partition coefficient (Wildman–Crippen LogP) is 3.72. The number of benzene rings is 2. The quantitative estimate of drug-likeness (QED) is 0.413. The molecule has 0 aromatic heterocycles. The molecule has 0 bridgehead atoms. The normalized spacial score (nSPS) is 18.3. The van der Waals surface area contributed by atoms with Gasteiger partial charge >= 0.3 is 0 Å². The van der Waals surface area contributed by atoms with Crippen molar-refractivity contribution in [1.29, 1.82) is 0 Å². The summed E-state index contributed by atoms with van der Waals surface area (Å²) < 4.78 is 5.22. The third kappa shape index (κ3) is 4.50. The Hall–Kier alpha value is -2.83. The number of amides is 1. The summed E-state index contributed by atoms with van der Waals surface area (Å²) in [5, 5.41) is 11.5. The number of ketones is 1. The van der Waals surface area contributed by atoms with Crippen LogP contribution >= 0.6 is 11.6 Å². The van der Waals surface area contributed by atoms with Crippen LogP contribution < -0.4 is 4.74 Å². The molecule has 30 heavy (non-hydrogen) atoms. The Morgan fingerprint density at radius 1 is 1.17 bits per heavy atom. The summed E-state index contributed by atoms with van der Waals surface area (Å²) in [5.41, 5.74) is 1.14. The molecule has 0 spiro atoms. The fraction of sp³-hybridized carbons (Fsp3) is 0.304. The molecular weight excluding hydrogens is 404 g/mol. The minimum atomic E-state index is -0.711. The van der Waals surface area contributed by atoms with Crippen LogP contribution in [0.3, 0.4) is 0 Å². The smallest absolute Gasteiger partial charge is 0.295 e. The molecule has 0 unspecified atom stereocenters. The second kappa shape index (κ2) is 9.32. The van der Waals surface area contributed by atoms with Crippen molar-refractivity contribution >= 4 is 29.1 Å². The average Bonchev–Trinajstić information content (AvgIpc) is 2.98. The fourth-order valence-corrected chi connectivity index (χ4v) is 3.82. The summed E-state index contributed by atoms with van der Waals surface area (Å²) >= 11 is 6.18. The van der Waals surface area contributed by atoms with E-state index in [1.807, 2.05) is 19.0 Å². The van der Waals surface area contributed by atoms with Crippen molar-refractivity contribution in [3.8, 4) is 5.75 Å². The summed E-state index contributed by atoms with van der Waals surface area (Å²) in [7, 11) is 5.42. The van der Waals surface area contributed by atoms with Crippen LogP contribution in [0.25, 0.3) is 5.76 Å². The highest BCUT2D eigenvalue weighted by atomic mass is 35.5. The molecule has 1 amide bonds. The maximum atomic E-state index is 13.0. The van der Waals surface area contributed by atoms with Gasteiger partial charge in [-0.2, -0.15) is 0 Å². The van der Waals surface area contributed by atoms with Crippen molar-refractivity contribution in [3.05, 3.63) is 70.3 Å². The third-order valence-corrected chi connectivity index (χ3v) is 5.29. The number of rotatable bonds is 7. The van der Waals surface area contributed by atoms with Gasteiger partial charge in [0.2, 0.25) is 0 Å². The molecule has 1 atom stereocenters. The summed E-state index contributed by atoms with van der Waals surface area (Å²) in [5.74, 6) is -1.01. The molecule has 0 radical (unpaired) electrons. The van der Waals surface area contributed by atoms with Gasteiger partial charge in [-0.25, -0.2) is 0 Å². The number of halogens is 1. The number of methoxy groups -OCH3 is 1. The van der Waals surface area contributed by atoms with E-state index in [1.54, 1.807) is 48.5 Å². The molecule has 0 saturated carbocycles. The van der Waals surface area contributed by atoms with Crippen LogP contribution in [-0.4, -0.2) is 60.9 Å². The van der Waals surface area contributed by atoms with E-state index in [1.165, 1.54) is 12.0 Å². The molecule has 1 fully saturated rings. The van der Waals surface area contributed by atoms with Gasteiger partial charge in [0.15, 0.2) is 0 Å². The number of ether oxygens (including phenoxy) is 1. The van der Waals surface area contributed by atoms with E-state index in [9.17, 15) is 14.7 Å². The van der Waals surface area contributed by atoms with Crippen LogP contribution in [0, 0.1) is 0 Å². The lowest BCUT2D eigenvalue weighted by atomic mass is 9.95. The zero-order valence-electron chi connectivity index (χ0n) is 17.3. The Kier molecular flexibility index (Phi) is 6.80. The fourth-order valence-electron chi connectivity index (χ4n) is 3.62. The number of carbonyl (C=O) groups excluding carboxylic acids is 2. The Balaban J connectivity index is 2.11. The lowest BCUT2D eigenvalue weighted by molar-refractivity contribution is -0.139. The van der Waals surface area contributed by atoms with Crippen LogP contribution in [0.15, 0.2) is 54.1 Å². The summed E-state index contributed by atoms with van der Waals surface area (Å²) in [6.07, 6.45) is 0.691. The minimum absolute atomic E-state index is 0.0559. The van der Waals surface area contributed by atoms with Crippen LogP contribution in [0.4, 0.5) is 0 Å². The van der Waals surface area contributed by atoms with Gasteiger partial charge in [0.25, 0.3) is 11.7 Å². The van der Waals surface area contributed by atoms with Crippen LogP contribution in [0.1, 0.15) is 23.6 Å². The summed E-state index contributed by atoms with van der Waals surface area (Å²) in [6, 6.07) is 13.1. The van der Waals surface area contributed by atoms with E-state index in [2.05, 4.69) is 0 Å². The lowest BCUT2D eigenvalue weighted by Crippen LogP contribution is -2.32. The Labute approximate surface area is 181 Å². The van der Waals surface area contributed by atoms with E-state index in [-0.39, 0.29) is 11.3 Å². The van der Waals surface area contributed by atoms with Gasteiger partial charge in [0.05, 0.1) is 18.7 Å². The maximum Gasteiger partial charge on any atom is 0.295 e. The number of nitrogens with zero attached hydrogens (tertiary/aromatic N) is 2. The maximum absolute atomic E-state index is 13.0. The summed E-state index contributed by atoms with van der Waals surface area (Å²) in [4.78, 5) is 29.4. The van der Waals surface area contributed by atoms with Gasteiger partial charge in [-0.05, 0) is 56.9 Å². The number of carbonyl (C=O) groups is 2. The first kappa shape index (κ1) is 21.9. The molecule has 2 aromatic rings. The van der Waals surface area contributed by atoms with Crippen molar-refractivity contribution in [2.45, 2.75) is 12.5 Å². The third-order valence-electron chi connectivity index (χ3n) is 5.05. The molecule has 1 aliphatic rings. The molecular formula is C23H25ClN2O4. The van der Waals surface area contributed by atoms with E-state index in [4.69, 9.17) is 16.3 Å². The predicted molar refractivity (Wildman–Crippen MR) is 117 cm³/mol. The average molecular weight is 429 g/mol. The van der Waals surface area contributed by atoms with E-state index < -0.39 is 17.7 Å². The second-order valence-corrected chi connectivity index (χ2v) is 7.87. The summed E-state index contributed by atoms with van der Waals surface area (Å²) in [6.45, 7) is 1.15. The highest BCUT2D eigenvalue weighted by Crippen LogP contribution is 2.40. The standard InChI is InChI=1S/C23H25ClN2O4/c1-25(2)11-6-12-26-20(15-7-4-9-17(24)13-15)19(22(28)23(26)29)21(27)16-8-5-10-18(14-16)30-3/h4-5,7-10,13-14,20,27H,6,11-12H2,1-3H3/b21-19+/t20-/m1/s1. The number of hydrogen-bond donors (Lipinski definition) is 1. The van der Waals surface area contributed by atoms with Crippen LogP contribution in [0.5, 0.6) is 5.75 Å². The topological polar surface area (TPSA) is 70.1 Å². The van der Waals surface area contributed by atoms with E-state index >= 15 is 0 Å². The molecule has 2 aromatic carbocycles. The van der Waals surface area contributed by atoms with Gasteiger partial charge in [-0.3, -0.25) is 9.59 Å². The highest BCUT2D eigenvalue weighted by Gasteiger charge is 2.45. The molecule has 1 aliphatic heterocycles. The van der Waals surface area contributed by atoms with Crippen molar-refractivity contribution < 1.29 is 19.4 Å². The van der Waals surface area contributed by atoms with Crippen LogP contribution in [0.2, 0.25) is 5.02 Å². The Bertz CT molecular complexity index is 987. The largest absolute Gasteiger partial charge is 0.507 e. The molecule has 7 heteroatoms. The highest BCUT2D eigenvalue weighted by molar-refractivity contribution is 6.46. The zero-order chi connectivity index (χ0) is 21.8. The lowest BCUT2D eigenvalue weighted by Gasteiger charge is -2.26. The van der Waals surface area contributed by atoms with Crippen molar-refractivity contribution in [2.24, 2.45) is 0 Å². The van der Waals surface area contributed by atoms with Gasteiger partial charge in [0, 0.05) is 17.1 Å². The van der Waals surface area contributed by atoms with Gasteiger partial charge in [-0.1, -0.05) is 35.9 Å². The molecule has 1 saturated heterocycles. The number of hydrogen-bond acceptors (Lipinski definition) is 5. The molecule has 1 heterocycles. The van der Waals surface area contributed by atoms with Crippen molar-refractivity contribution in [1.82, 2.24) is 9.80 Å². The first-order valence-corrected chi connectivity index (χ1v) is 10.0. The number of likely N-dealkylation sites (tertiary alicyclic amines) is 1. The number of aliphatic hydroxyl groups is 1.